The van der Waals surface area contributed by atoms with Gasteiger partial charge in [-0.25, -0.2) is 4.39 Å². The van der Waals surface area contributed by atoms with Crippen LogP contribution in [-0.2, 0) is 12.8 Å². The highest BCUT2D eigenvalue weighted by Crippen LogP contribution is 2.39. The number of aryl methyl sites for hydroxylation is 2. The van der Waals surface area contributed by atoms with Gasteiger partial charge in [0.05, 0.1) is 0 Å². The van der Waals surface area contributed by atoms with Crippen molar-refractivity contribution >= 4 is 23.1 Å². The van der Waals surface area contributed by atoms with Gasteiger partial charge in [0.1, 0.15) is 5.82 Å². The second kappa shape index (κ2) is 7.89. The van der Waals surface area contributed by atoms with E-state index in [1.807, 2.05) is 17.7 Å². The van der Waals surface area contributed by atoms with Crippen molar-refractivity contribution in [2.75, 3.05) is 0 Å². The molecular weight excluding hydrogens is 389 g/mol. The maximum atomic E-state index is 13.4. The maximum Gasteiger partial charge on any atom is 0.191 e. The van der Waals surface area contributed by atoms with Crippen LogP contribution in [0.25, 0.3) is 22.5 Å². The molecule has 0 spiro atoms. The topological polar surface area (TPSA) is 30.7 Å². The molecule has 0 bridgehead atoms. The summed E-state index contributed by atoms with van der Waals surface area (Å²) in [4.78, 5) is 1.26. The Bertz CT molecular complexity index is 1110. The molecular formula is C22H20FN3S2. The molecule has 4 aromatic rings. The molecule has 6 heteroatoms. The zero-order valence-corrected chi connectivity index (χ0v) is 17.6. The van der Waals surface area contributed by atoms with Gasteiger partial charge in [0.15, 0.2) is 11.0 Å². The standard InChI is InChI=1S/C22H20FN3S2/c1-14-7-9-17(10-8-14)20-15(2)27-13-19(20)21-24-25-22(26(21)3)28-12-16-5-4-6-18(23)11-16/h4-11,13H,12H2,1-3H3. The average molecular weight is 410 g/mol. The van der Waals surface area contributed by atoms with E-state index < -0.39 is 0 Å². The third kappa shape index (κ3) is 3.75. The average Bonchev–Trinajstić information content (AvgIpc) is 3.23. The molecule has 4 rings (SSSR count). The highest BCUT2D eigenvalue weighted by atomic mass is 32.2. The summed E-state index contributed by atoms with van der Waals surface area (Å²) in [7, 11) is 1.98. The van der Waals surface area contributed by atoms with Gasteiger partial charge in [-0.2, -0.15) is 0 Å². The molecule has 0 fully saturated rings. The van der Waals surface area contributed by atoms with Gasteiger partial charge in [-0.1, -0.05) is 53.7 Å². The van der Waals surface area contributed by atoms with Crippen molar-refractivity contribution in [3.05, 3.63) is 75.7 Å². The minimum Gasteiger partial charge on any atom is -0.305 e. The van der Waals surface area contributed by atoms with Crippen molar-refractivity contribution in [2.24, 2.45) is 7.05 Å². The predicted molar refractivity (Wildman–Crippen MR) is 115 cm³/mol. The second-order valence-corrected chi connectivity index (χ2v) is 8.76. The van der Waals surface area contributed by atoms with E-state index in [1.54, 1.807) is 35.2 Å². The number of rotatable bonds is 5. The molecule has 3 nitrogen and oxygen atoms in total. The number of benzene rings is 2. The lowest BCUT2D eigenvalue weighted by Gasteiger charge is -2.08. The van der Waals surface area contributed by atoms with E-state index in [0.717, 1.165) is 22.1 Å². The maximum absolute atomic E-state index is 13.4. The Labute approximate surface area is 172 Å². The predicted octanol–water partition coefficient (Wildman–Crippen LogP) is 6.26. The van der Waals surface area contributed by atoms with Gasteiger partial charge in [-0.05, 0) is 37.1 Å². The van der Waals surface area contributed by atoms with Crippen molar-refractivity contribution in [3.8, 4) is 22.5 Å². The molecule has 2 aromatic carbocycles. The van der Waals surface area contributed by atoms with Crippen molar-refractivity contribution in [3.63, 3.8) is 0 Å². The van der Waals surface area contributed by atoms with Gasteiger partial charge in [0, 0.05) is 34.2 Å². The van der Waals surface area contributed by atoms with E-state index in [4.69, 9.17) is 0 Å². The third-order valence-corrected chi connectivity index (χ3v) is 6.65. The third-order valence-electron chi connectivity index (χ3n) is 4.65. The molecule has 2 aromatic heterocycles. The largest absolute Gasteiger partial charge is 0.305 e. The van der Waals surface area contributed by atoms with Crippen molar-refractivity contribution < 1.29 is 4.39 Å². The highest BCUT2D eigenvalue weighted by Gasteiger charge is 2.19. The van der Waals surface area contributed by atoms with Crippen LogP contribution >= 0.6 is 23.1 Å². The van der Waals surface area contributed by atoms with Gasteiger partial charge in [0.25, 0.3) is 0 Å². The first-order valence-electron chi connectivity index (χ1n) is 8.95. The smallest absolute Gasteiger partial charge is 0.191 e. The lowest BCUT2D eigenvalue weighted by atomic mass is 10.0. The van der Waals surface area contributed by atoms with E-state index in [0.29, 0.717) is 5.75 Å². The molecule has 0 saturated carbocycles. The van der Waals surface area contributed by atoms with Crippen LogP contribution in [0.3, 0.4) is 0 Å². The fourth-order valence-corrected chi connectivity index (χ4v) is 4.87. The molecule has 0 aliphatic carbocycles. The Kier molecular flexibility index (Phi) is 5.33. The Morgan fingerprint density at radius 3 is 2.61 bits per heavy atom. The first-order chi connectivity index (χ1) is 13.5. The number of hydrogen-bond acceptors (Lipinski definition) is 4. The second-order valence-electron chi connectivity index (χ2n) is 6.73. The number of thioether (sulfide) groups is 1. The number of halogens is 1. The lowest BCUT2D eigenvalue weighted by molar-refractivity contribution is 0.626. The molecule has 0 radical (unpaired) electrons. The Morgan fingerprint density at radius 2 is 1.86 bits per heavy atom. The minimum absolute atomic E-state index is 0.215. The molecule has 0 aliphatic rings. The normalized spacial score (nSPS) is 11.1. The fourth-order valence-electron chi connectivity index (χ4n) is 3.15. The minimum atomic E-state index is -0.215. The first kappa shape index (κ1) is 18.9. The van der Waals surface area contributed by atoms with Crippen molar-refractivity contribution in [2.45, 2.75) is 24.8 Å². The summed E-state index contributed by atoms with van der Waals surface area (Å²) in [5.41, 5.74) is 5.67. The summed E-state index contributed by atoms with van der Waals surface area (Å²) in [5, 5.41) is 11.8. The Morgan fingerprint density at radius 1 is 1.07 bits per heavy atom. The zero-order valence-electron chi connectivity index (χ0n) is 15.9. The van der Waals surface area contributed by atoms with Crippen molar-refractivity contribution in [1.82, 2.24) is 14.8 Å². The van der Waals surface area contributed by atoms with Crippen LogP contribution in [0, 0.1) is 19.7 Å². The quantitative estimate of drug-likeness (QED) is 0.365. The molecule has 0 unspecified atom stereocenters. The number of hydrogen-bond donors (Lipinski definition) is 0. The number of thiophene rings is 1. The monoisotopic (exact) mass is 409 g/mol. The van der Waals surface area contributed by atoms with Crippen LogP contribution in [-0.4, -0.2) is 14.8 Å². The van der Waals surface area contributed by atoms with Gasteiger partial charge in [-0.15, -0.1) is 21.5 Å². The van der Waals surface area contributed by atoms with Gasteiger partial charge < -0.3 is 4.57 Å². The lowest BCUT2D eigenvalue weighted by Crippen LogP contribution is -1.96. The Hall–Kier alpha value is -2.44. The van der Waals surface area contributed by atoms with Crippen LogP contribution in [0.4, 0.5) is 4.39 Å². The van der Waals surface area contributed by atoms with Gasteiger partial charge in [0.2, 0.25) is 0 Å². The summed E-state index contributed by atoms with van der Waals surface area (Å²) in [5.74, 6) is 1.28. The van der Waals surface area contributed by atoms with Crippen LogP contribution in [0.15, 0.2) is 59.1 Å². The van der Waals surface area contributed by atoms with E-state index >= 15 is 0 Å². The van der Waals surface area contributed by atoms with E-state index in [2.05, 4.69) is 53.7 Å². The highest BCUT2D eigenvalue weighted by molar-refractivity contribution is 7.98. The fraction of sp³-hybridized carbons (Fsp3) is 0.182. The number of nitrogens with zero attached hydrogens (tertiary/aromatic N) is 3. The van der Waals surface area contributed by atoms with E-state index in [9.17, 15) is 4.39 Å². The molecule has 0 N–H and O–H groups in total. The molecule has 0 atom stereocenters. The molecule has 142 valence electrons. The Balaban J connectivity index is 1.64. The summed E-state index contributed by atoms with van der Waals surface area (Å²) >= 11 is 3.29. The van der Waals surface area contributed by atoms with Gasteiger partial charge in [-0.3, -0.25) is 0 Å². The van der Waals surface area contributed by atoms with Crippen LogP contribution < -0.4 is 0 Å². The molecule has 2 heterocycles. The van der Waals surface area contributed by atoms with Crippen LogP contribution in [0.2, 0.25) is 0 Å². The van der Waals surface area contributed by atoms with E-state index in [-0.39, 0.29) is 5.82 Å². The SMILES string of the molecule is Cc1ccc(-c2c(-c3nnc(SCc4cccc(F)c4)n3C)csc2C)cc1. The van der Waals surface area contributed by atoms with Crippen LogP contribution in [0.1, 0.15) is 16.0 Å². The molecule has 0 saturated heterocycles. The summed E-state index contributed by atoms with van der Waals surface area (Å²) in [6.07, 6.45) is 0. The zero-order chi connectivity index (χ0) is 19.7. The molecule has 0 aliphatic heterocycles. The summed E-state index contributed by atoms with van der Waals surface area (Å²) < 4.78 is 15.4. The summed E-state index contributed by atoms with van der Waals surface area (Å²) in [6, 6.07) is 15.2. The first-order valence-corrected chi connectivity index (χ1v) is 10.8. The van der Waals surface area contributed by atoms with Crippen molar-refractivity contribution in [1.29, 1.82) is 0 Å². The van der Waals surface area contributed by atoms with E-state index in [1.165, 1.54) is 27.6 Å². The number of aromatic nitrogens is 3. The summed E-state index contributed by atoms with van der Waals surface area (Å²) in [6.45, 7) is 4.23. The molecule has 28 heavy (non-hydrogen) atoms. The van der Waals surface area contributed by atoms with Gasteiger partial charge >= 0.3 is 0 Å². The molecule has 0 amide bonds. The van der Waals surface area contributed by atoms with Crippen LogP contribution in [0.5, 0.6) is 0 Å².